The number of nitrogens with one attached hydrogen (secondary N) is 2. The molecule has 0 radical (unpaired) electrons. The molecule has 2 N–H and O–H groups in total. The molecule has 5 nitrogen and oxygen atoms in total. The van der Waals surface area contributed by atoms with Gasteiger partial charge in [-0.05, 0) is 38.0 Å². The maximum Gasteiger partial charge on any atom is 0.191 e. The molecule has 1 fully saturated rings. The van der Waals surface area contributed by atoms with Gasteiger partial charge in [-0.15, -0.1) is 0 Å². The van der Waals surface area contributed by atoms with Crippen LogP contribution in [0.25, 0.3) is 0 Å². The lowest BCUT2D eigenvalue weighted by Gasteiger charge is -2.20. The van der Waals surface area contributed by atoms with Crippen LogP contribution in [0.15, 0.2) is 59.6 Å². The van der Waals surface area contributed by atoms with Crippen molar-refractivity contribution >= 4 is 22.4 Å². The number of aliphatic imine (C=N–C) groups is 1. The normalized spacial score (nSPS) is 17.9. The summed E-state index contributed by atoms with van der Waals surface area (Å²) in [4.78, 5) is 7.06. The molecule has 0 aliphatic carbocycles. The predicted octanol–water partition coefficient (Wildman–Crippen LogP) is 3.08. The van der Waals surface area contributed by atoms with Crippen molar-refractivity contribution in [3.8, 4) is 0 Å². The monoisotopic (exact) mass is 412 g/mol. The molecular formula is C23H32N4OS. The molecule has 1 heterocycles. The van der Waals surface area contributed by atoms with Gasteiger partial charge in [-0.1, -0.05) is 48.0 Å². The summed E-state index contributed by atoms with van der Waals surface area (Å²) in [6.07, 6.45) is 1.08. The lowest BCUT2D eigenvalue weighted by Crippen LogP contribution is -2.44. The van der Waals surface area contributed by atoms with Gasteiger partial charge in [0.1, 0.15) is 0 Å². The van der Waals surface area contributed by atoms with Crippen molar-refractivity contribution in [1.29, 1.82) is 0 Å². The van der Waals surface area contributed by atoms with E-state index in [0.717, 1.165) is 37.6 Å². The van der Waals surface area contributed by atoms with Gasteiger partial charge >= 0.3 is 0 Å². The van der Waals surface area contributed by atoms with Crippen molar-refractivity contribution in [2.75, 3.05) is 36.8 Å². The SMILES string of the molecule is CCNC(=NCCS(=O)Cc1ccccc1)NC1CCN(c2ccc(C)cc2)C1. The summed E-state index contributed by atoms with van der Waals surface area (Å²) in [5.41, 5.74) is 3.67. The zero-order valence-electron chi connectivity index (χ0n) is 17.4. The van der Waals surface area contributed by atoms with Crippen LogP contribution in [0.2, 0.25) is 0 Å². The first kappa shape index (κ1) is 21.4. The van der Waals surface area contributed by atoms with Crippen LogP contribution >= 0.6 is 0 Å². The maximum atomic E-state index is 12.3. The van der Waals surface area contributed by atoms with Crippen LogP contribution in [0.4, 0.5) is 5.69 Å². The van der Waals surface area contributed by atoms with E-state index < -0.39 is 10.8 Å². The number of benzene rings is 2. The second kappa shape index (κ2) is 11.0. The first-order valence-corrected chi connectivity index (χ1v) is 11.9. The molecule has 2 aromatic carbocycles. The van der Waals surface area contributed by atoms with E-state index in [1.807, 2.05) is 30.3 Å². The summed E-state index contributed by atoms with van der Waals surface area (Å²) >= 11 is 0. The number of rotatable bonds is 8. The van der Waals surface area contributed by atoms with Gasteiger partial charge < -0.3 is 15.5 Å². The predicted molar refractivity (Wildman–Crippen MR) is 124 cm³/mol. The summed E-state index contributed by atoms with van der Waals surface area (Å²) in [5.74, 6) is 1.99. The van der Waals surface area contributed by atoms with E-state index in [1.54, 1.807) is 0 Å². The minimum atomic E-state index is -0.899. The van der Waals surface area contributed by atoms with Crippen molar-refractivity contribution in [1.82, 2.24) is 10.6 Å². The Hall–Kier alpha value is -2.34. The summed E-state index contributed by atoms with van der Waals surface area (Å²) in [7, 11) is -0.899. The van der Waals surface area contributed by atoms with Crippen molar-refractivity contribution in [2.45, 2.75) is 32.1 Å². The largest absolute Gasteiger partial charge is 0.369 e. The van der Waals surface area contributed by atoms with Crippen LogP contribution in [-0.2, 0) is 16.6 Å². The molecule has 0 amide bonds. The lowest BCUT2D eigenvalue weighted by atomic mass is 10.2. The van der Waals surface area contributed by atoms with Gasteiger partial charge in [0, 0.05) is 53.7 Å². The fraction of sp³-hybridized carbons (Fsp3) is 0.435. The second-order valence-corrected chi connectivity index (χ2v) is 9.02. The first-order chi connectivity index (χ1) is 14.1. The van der Waals surface area contributed by atoms with Crippen LogP contribution < -0.4 is 15.5 Å². The average Bonchev–Trinajstić information content (AvgIpc) is 3.18. The molecule has 1 saturated heterocycles. The minimum Gasteiger partial charge on any atom is -0.369 e. The van der Waals surface area contributed by atoms with Crippen LogP contribution in [0.5, 0.6) is 0 Å². The molecule has 0 saturated carbocycles. The van der Waals surface area contributed by atoms with Crippen molar-refractivity contribution in [3.05, 3.63) is 65.7 Å². The standard InChI is InChI=1S/C23H32N4OS/c1-3-24-23(25-14-16-29(28)18-20-7-5-4-6-8-20)26-21-13-15-27(17-21)22-11-9-19(2)10-12-22/h4-12,21H,3,13-18H2,1-2H3,(H2,24,25,26). The fourth-order valence-corrected chi connectivity index (χ4v) is 4.48. The number of guanidine groups is 1. The van der Waals surface area contributed by atoms with E-state index in [4.69, 9.17) is 0 Å². The third kappa shape index (κ3) is 6.89. The first-order valence-electron chi connectivity index (χ1n) is 10.4. The van der Waals surface area contributed by atoms with Gasteiger partial charge in [0.05, 0.1) is 6.54 Å². The minimum absolute atomic E-state index is 0.365. The van der Waals surface area contributed by atoms with Crippen LogP contribution in [0.1, 0.15) is 24.5 Å². The van der Waals surface area contributed by atoms with Gasteiger partial charge in [0.2, 0.25) is 0 Å². The highest BCUT2D eigenvalue weighted by molar-refractivity contribution is 7.84. The number of hydrogen-bond acceptors (Lipinski definition) is 3. The molecule has 2 unspecified atom stereocenters. The molecule has 1 aliphatic heterocycles. The molecule has 0 spiro atoms. The lowest BCUT2D eigenvalue weighted by molar-refractivity contribution is 0.650. The quantitative estimate of drug-likeness (QED) is 0.517. The Morgan fingerprint density at radius 3 is 2.66 bits per heavy atom. The summed E-state index contributed by atoms with van der Waals surface area (Å²) in [5, 5.41) is 6.87. The fourth-order valence-electron chi connectivity index (χ4n) is 3.47. The highest BCUT2D eigenvalue weighted by atomic mass is 32.2. The maximum absolute atomic E-state index is 12.3. The summed E-state index contributed by atoms with van der Waals surface area (Å²) in [6.45, 7) is 7.56. The molecule has 3 rings (SSSR count). The Labute approximate surface area is 177 Å². The topological polar surface area (TPSA) is 56.7 Å². The molecule has 2 aromatic rings. The van der Waals surface area contributed by atoms with Gasteiger partial charge in [-0.25, -0.2) is 0 Å². The highest BCUT2D eigenvalue weighted by Gasteiger charge is 2.23. The van der Waals surface area contributed by atoms with Crippen LogP contribution in [0.3, 0.4) is 0 Å². The number of aryl methyl sites for hydroxylation is 1. The van der Waals surface area contributed by atoms with E-state index in [1.165, 1.54) is 11.3 Å². The third-order valence-electron chi connectivity index (χ3n) is 5.03. The van der Waals surface area contributed by atoms with Crippen molar-refractivity contribution < 1.29 is 4.21 Å². The second-order valence-electron chi connectivity index (χ2n) is 7.45. The third-order valence-corrected chi connectivity index (χ3v) is 6.33. The zero-order valence-corrected chi connectivity index (χ0v) is 18.3. The molecule has 156 valence electrons. The van der Waals surface area contributed by atoms with Gasteiger partial charge in [0.15, 0.2) is 5.96 Å². The molecular weight excluding hydrogens is 380 g/mol. The van der Waals surface area contributed by atoms with E-state index in [2.05, 4.69) is 58.6 Å². The Morgan fingerprint density at radius 1 is 1.17 bits per heavy atom. The number of anilines is 1. The molecule has 6 heteroatoms. The van der Waals surface area contributed by atoms with E-state index in [-0.39, 0.29) is 0 Å². The smallest absolute Gasteiger partial charge is 0.191 e. The summed E-state index contributed by atoms with van der Waals surface area (Å²) < 4.78 is 12.3. The van der Waals surface area contributed by atoms with Gasteiger partial charge in [-0.3, -0.25) is 9.20 Å². The number of nitrogens with zero attached hydrogens (tertiary/aromatic N) is 2. The van der Waals surface area contributed by atoms with Crippen molar-refractivity contribution in [3.63, 3.8) is 0 Å². The van der Waals surface area contributed by atoms with E-state index in [9.17, 15) is 4.21 Å². The van der Waals surface area contributed by atoms with E-state index in [0.29, 0.717) is 24.1 Å². The Morgan fingerprint density at radius 2 is 1.93 bits per heavy atom. The van der Waals surface area contributed by atoms with E-state index >= 15 is 0 Å². The van der Waals surface area contributed by atoms with Crippen LogP contribution in [0, 0.1) is 6.92 Å². The highest BCUT2D eigenvalue weighted by Crippen LogP contribution is 2.20. The number of hydrogen-bond donors (Lipinski definition) is 2. The van der Waals surface area contributed by atoms with Gasteiger partial charge in [0.25, 0.3) is 0 Å². The van der Waals surface area contributed by atoms with Crippen molar-refractivity contribution in [2.24, 2.45) is 4.99 Å². The molecule has 0 aromatic heterocycles. The Kier molecular flexibility index (Phi) is 8.11. The summed E-state index contributed by atoms with van der Waals surface area (Å²) in [6, 6.07) is 19.1. The molecule has 2 atom stereocenters. The Balaban J connectivity index is 1.47. The Bertz CT molecular complexity index is 807. The molecule has 1 aliphatic rings. The van der Waals surface area contributed by atoms with Crippen LogP contribution in [-0.4, -0.2) is 48.1 Å². The zero-order chi connectivity index (χ0) is 20.5. The van der Waals surface area contributed by atoms with Gasteiger partial charge in [-0.2, -0.15) is 0 Å². The molecule has 0 bridgehead atoms. The molecule has 29 heavy (non-hydrogen) atoms. The average molecular weight is 413 g/mol.